The SMILES string of the molecule is Cc1ccc(Oc2ccc(NC(=O)CCn3cncn3)cc2)cc1. The third-order valence-corrected chi connectivity index (χ3v) is 3.43. The molecule has 3 aromatic rings. The smallest absolute Gasteiger partial charge is 0.226 e. The van der Waals surface area contributed by atoms with Gasteiger partial charge in [-0.05, 0) is 43.3 Å². The maximum atomic E-state index is 11.9. The van der Waals surface area contributed by atoms with Gasteiger partial charge in [0.1, 0.15) is 24.2 Å². The molecule has 0 spiro atoms. The van der Waals surface area contributed by atoms with Crippen LogP contribution in [0.4, 0.5) is 5.69 Å². The molecule has 1 N–H and O–H groups in total. The number of aromatic nitrogens is 3. The number of nitrogens with zero attached hydrogens (tertiary/aromatic N) is 3. The van der Waals surface area contributed by atoms with Crippen molar-refractivity contribution in [1.29, 1.82) is 0 Å². The van der Waals surface area contributed by atoms with Crippen LogP contribution in [0.1, 0.15) is 12.0 Å². The third-order valence-electron chi connectivity index (χ3n) is 3.43. The minimum absolute atomic E-state index is 0.0716. The van der Waals surface area contributed by atoms with Crippen molar-refractivity contribution < 1.29 is 9.53 Å². The second-order valence-electron chi connectivity index (χ2n) is 5.40. The molecule has 0 saturated heterocycles. The number of benzene rings is 2. The molecule has 24 heavy (non-hydrogen) atoms. The summed E-state index contributed by atoms with van der Waals surface area (Å²) in [5.41, 5.74) is 1.92. The molecule has 2 aromatic carbocycles. The summed E-state index contributed by atoms with van der Waals surface area (Å²) in [6, 6.07) is 15.1. The molecule has 0 aliphatic heterocycles. The van der Waals surface area contributed by atoms with Crippen LogP contribution < -0.4 is 10.1 Å². The lowest BCUT2D eigenvalue weighted by molar-refractivity contribution is -0.116. The van der Waals surface area contributed by atoms with E-state index in [1.807, 2.05) is 55.5 Å². The van der Waals surface area contributed by atoms with Gasteiger partial charge in [0.15, 0.2) is 0 Å². The zero-order valence-corrected chi connectivity index (χ0v) is 13.3. The van der Waals surface area contributed by atoms with Crippen LogP contribution in [0.2, 0.25) is 0 Å². The molecule has 0 radical (unpaired) electrons. The van der Waals surface area contributed by atoms with E-state index in [0.29, 0.717) is 13.0 Å². The molecule has 0 unspecified atom stereocenters. The average molecular weight is 322 g/mol. The number of hydrogen-bond acceptors (Lipinski definition) is 4. The number of carbonyl (C=O) groups excluding carboxylic acids is 1. The summed E-state index contributed by atoms with van der Waals surface area (Å²) in [5.74, 6) is 1.43. The fraction of sp³-hybridized carbons (Fsp3) is 0.167. The zero-order valence-electron chi connectivity index (χ0n) is 13.3. The summed E-state index contributed by atoms with van der Waals surface area (Å²) in [7, 11) is 0. The van der Waals surface area contributed by atoms with E-state index in [-0.39, 0.29) is 5.91 Å². The van der Waals surface area contributed by atoms with Gasteiger partial charge < -0.3 is 10.1 Å². The number of carbonyl (C=O) groups is 1. The van der Waals surface area contributed by atoms with Crippen LogP contribution >= 0.6 is 0 Å². The molecular weight excluding hydrogens is 304 g/mol. The Labute approximate surface area is 140 Å². The van der Waals surface area contributed by atoms with Gasteiger partial charge in [-0.25, -0.2) is 4.98 Å². The first-order valence-corrected chi connectivity index (χ1v) is 7.66. The average Bonchev–Trinajstić information content (AvgIpc) is 3.10. The first-order valence-electron chi connectivity index (χ1n) is 7.66. The van der Waals surface area contributed by atoms with Gasteiger partial charge in [-0.1, -0.05) is 17.7 Å². The summed E-state index contributed by atoms with van der Waals surface area (Å²) >= 11 is 0. The first-order chi connectivity index (χ1) is 11.7. The molecule has 0 saturated carbocycles. The highest BCUT2D eigenvalue weighted by molar-refractivity contribution is 5.90. The van der Waals surface area contributed by atoms with E-state index in [1.54, 1.807) is 11.0 Å². The van der Waals surface area contributed by atoms with E-state index >= 15 is 0 Å². The Bertz CT molecular complexity index is 781. The van der Waals surface area contributed by atoms with Crippen molar-refractivity contribution in [3.05, 3.63) is 66.7 Å². The largest absolute Gasteiger partial charge is 0.457 e. The van der Waals surface area contributed by atoms with Gasteiger partial charge in [-0.15, -0.1) is 0 Å². The molecule has 1 amide bonds. The highest BCUT2D eigenvalue weighted by Gasteiger charge is 2.04. The molecule has 3 rings (SSSR count). The van der Waals surface area contributed by atoms with Crippen molar-refractivity contribution in [3.8, 4) is 11.5 Å². The van der Waals surface area contributed by atoms with Gasteiger partial charge in [-0.3, -0.25) is 9.48 Å². The lowest BCUT2D eigenvalue weighted by atomic mass is 10.2. The van der Waals surface area contributed by atoms with E-state index < -0.39 is 0 Å². The van der Waals surface area contributed by atoms with Crippen molar-refractivity contribution >= 4 is 11.6 Å². The Morgan fingerprint density at radius 1 is 1.08 bits per heavy atom. The maximum absolute atomic E-state index is 11.9. The molecule has 0 fully saturated rings. The van der Waals surface area contributed by atoms with Crippen LogP contribution in [0.15, 0.2) is 61.2 Å². The minimum atomic E-state index is -0.0716. The monoisotopic (exact) mass is 322 g/mol. The minimum Gasteiger partial charge on any atom is -0.457 e. The van der Waals surface area contributed by atoms with E-state index in [4.69, 9.17) is 4.74 Å². The summed E-state index contributed by atoms with van der Waals surface area (Å²) in [6.07, 6.45) is 3.38. The maximum Gasteiger partial charge on any atom is 0.226 e. The Kier molecular flexibility index (Phi) is 4.86. The standard InChI is InChI=1S/C18H18N4O2/c1-14-2-6-16(7-3-14)24-17-8-4-15(5-9-17)21-18(23)10-11-22-13-19-12-20-22/h2-9,12-13H,10-11H2,1H3,(H,21,23). The van der Waals surface area contributed by atoms with Crippen LogP contribution in [0, 0.1) is 6.92 Å². The van der Waals surface area contributed by atoms with E-state index in [0.717, 1.165) is 17.2 Å². The Morgan fingerprint density at radius 3 is 2.38 bits per heavy atom. The number of anilines is 1. The number of nitrogens with one attached hydrogen (secondary N) is 1. The Hall–Kier alpha value is -3.15. The molecule has 0 bridgehead atoms. The van der Waals surface area contributed by atoms with Crippen LogP contribution in [-0.2, 0) is 11.3 Å². The van der Waals surface area contributed by atoms with E-state index in [9.17, 15) is 4.79 Å². The van der Waals surface area contributed by atoms with Gasteiger partial charge >= 0.3 is 0 Å². The lowest BCUT2D eigenvalue weighted by Crippen LogP contribution is -2.14. The summed E-state index contributed by atoms with van der Waals surface area (Å²) in [4.78, 5) is 15.8. The molecule has 1 aromatic heterocycles. The van der Waals surface area contributed by atoms with Gasteiger partial charge in [0.2, 0.25) is 5.91 Å². The highest BCUT2D eigenvalue weighted by Crippen LogP contribution is 2.23. The molecular formula is C18H18N4O2. The predicted molar refractivity (Wildman–Crippen MR) is 91.0 cm³/mol. The lowest BCUT2D eigenvalue weighted by Gasteiger charge is -2.08. The molecule has 0 aliphatic rings. The zero-order chi connectivity index (χ0) is 16.8. The van der Waals surface area contributed by atoms with Gasteiger partial charge in [-0.2, -0.15) is 5.10 Å². The Morgan fingerprint density at radius 2 is 1.75 bits per heavy atom. The summed E-state index contributed by atoms with van der Waals surface area (Å²) < 4.78 is 7.38. The molecule has 0 atom stereocenters. The molecule has 6 heteroatoms. The van der Waals surface area contributed by atoms with Crippen molar-refractivity contribution in [2.24, 2.45) is 0 Å². The summed E-state index contributed by atoms with van der Waals surface area (Å²) in [5, 5.41) is 6.81. The van der Waals surface area contributed by atoms with Crippen molar-refractivity contribution in [1.82, 2.24) is 14.8 Å². The fourth-order valence-corrected chi connectivity index (χ4v) is 2.14. The second-order valence-corrected chi connectivity index (χ2v) is 5.40. The molecule has 1 heterocycles. The topological polar surface area (TPSA) is 69.0 Å². The van der Waals surface area contributed by atoms with Gasteiger partial charge in [0.25, 0.3) is 0 Å². The molecule has 6 nitrogen and oxygen atoms in total. The van der Waals surface area contributed by atoms with Crippen LogP contribution in [0.25, 0.3) is 0 Å². The van der Waals surface area contributed by atoms with Crippen LogP contribution in [0.5, 0.6) is 11.5 Å². The fourth-order valence-electron chi connectivity index (χ4n) is 2.14. The van der Waals surface area contributed by atoms with Gasteiger partial charge in [0.05, 0.1) is 6.54 Å². The van der Waals surface area contributed by atoms with Gasteiger partial charge in [0, 0.05) is 12.1 Å². The number of ether oxygens (including phenoxy) is 1. The van der Waals surface area contributed by atoms with Crippen molar-refractivity contribution in [3.63, 3.8) is 0 Å². The number of aryl methyl sites for hydroxylation is 2. The van der Waals surface area contributed by atoms with Crippen molar-refractivity contribution in [2.45, 2.75) is 19.9 Å². The summed E-state index contributed by atoms with van der Waals surface area (Å²) in [6.45, 7) is 2.53. The number of amides is 1. The van der Waals surface area contributed by atoms with E-state index in [2.05, 4.69) is 15.4 Å². The molecule has 0 aliphatic carbocycles. The van der Waals surface area contributed by atoms with E-state index in [1.165, 1.54) is 11.9 Å². The highest BCUT2D eigenvalue weighted by atomic mass is 16.5. The first kappa shape index (κ1) is 15.7. The number of hydrogen-bond donors (Lipinski definition) is 1. The quantitative estimate of drug-likeness (QED) is 0.755. The molecule has 122 valence electrons. The number of rotatable bonds is 6. The normalized spacial score (nSPS) is 10.4. The van der Waals surface area contributed by atoms with Crippen LogP contribution in [-0.4, -0.2) is 20.7 Å². The van der Waals surface area contributed by atoms with Crippen LogP contribution in [0.3, 0.4) is 0 Å². The third kappa shape index (κ3) is 4.42. The second kappa shape index (κ2) is 7.41. The Balaban J connectivity index is 1.52. The van der Waals surface area contributed by atoms with Crippen molar-refractivity contribution in [2.75, 3.05) is 5.32 Å². The predicted octanol–water partition coefficient (Wildman–Crippen LogP) is 3.41.